The topological polar surface area (TPSA) is 90.5 Å². The summed E-state index contributed by atoms with van der Waals surface area (Å²) in [5.74, 6) is -3.23. The molecule has 7 nitrogen and oxygen atoms in total. The molecule has 0 unspecified atom stereocenters. The van der Waals surface area contributed by atoms with Gasteiger partial charge in [0.05, 0.1) is 19.6 Å². The lowest BCUT2D eigenvalue weighted by atomic mass is 10.3. The number of nitrogens with one attached hydrogen (secondary N) is 3. The predicted octanol–water partition coefficient (Wildman–Crippen LogP) is 1.26. The zero-order valence-corrected chi connectivity index (χ0v) is 15.6. The molecule has 0 spiro atoms. The lowest BCUT2D eigenvalue weighted by molar-refractivity contribution is -0.126. The van der Waals surface area contributed by atoms with Crippen LogP contribution >= 0.6 is 0 Å². The van der Waals surface area contributed by atoms with Crippen LogP contribution in [0.5, 0.6) is 0 Å². The van der Waals surface area contributed by atoms with Crippen molar-refractivity contribution in [1.29, 1.82) is 0 Å². The number of halogens is 2. The van der Waals surface area contributed by atoms with Crippen molar-refractivity contribution >= 4 is 23.4 Å². The van der Waals surface area contributed by atoms with Crippen LogP contribution < -0.4 is 16.0 Å². The lowest BCUT2D eigenvalue weighted by Gasteiger charge is -2.20. The van der Waals surface area contributed by atoms with Crippen LogP contribution in [-0.2, 0) is 14.4 Å². The van der Waals surface area contributed by atoms with Gasteiger partial charge < -0.3 is 16.0 Å². The van der Waals surface area contributed by atoms with E-state index in [1.165, 1.54) is 6.07 Å². The van der Waals surface area contributed by atoms with Gasteiger partial charge in [0.15, 0.2) is 11.6 Å². The highest BCUT2D eigenvalue weighted by molar-refractivity contribution is 5.94. The molecule has 0 saturated carbocycles. The Bertz CT molecular complexity index is 655. The maximum absolute atomic E-state index is 13.1. The number of carbonyl (C=O) groups excluding carboxylic acids is 3. The summed E-state index contributed by atoms with van der Waals surface area (Å²) in [4.78, 5) is 37.3. The molecule has 1 aromatic rings. The molecule has 0 aliphatic rings. The van der Waals surface area contributed by atoms with Gasteiger partial charge in [0, 0.05) is 18.3 Å². The third-order valence-corrected chi connectivity index (χ3v) is 3.50. The minimum atomic E-state index is -1.08. The summed E-state index contributed by atoms with van der Waals surface area (Å²) in [6.45, 7) is 4.78. The number of benzene rings is 1. The van der Waals surface area contributed by atoms with Crippen molar-refractivity contribution in [2.45, 2.75) is 26.7 Å². The van der Waals surface area contributed by atoms with Crippen LogP contribution in [0.2, 0.25) is 0 Å². The molecule has 0 aliphatic heterocycles. The molecule has 3 amide bonds. The van der Waals surface area contributed by atoms with Crippen LogP contribution in [0.1, 0.15) is 26.7 Å². The summed E-state index contributed by atoms with van der Waals surface area (Å²) in [6.07, 6.45) is 1.60. The fourth-order valence-corrected chi connectivity index (χ4v) is 2.27. The predicted molar refractivity (Wildman–Crippen MR) is 98.0 cm³/mol. The first-order chi connectivity index (χ1) is 12.8. The fraction of sp³-hybridized carbons (Fsp3) is 0.500. The van der Waals surface area contributed by atoms with E-state index in [-0.39, 0.29) is 31.2 Å². The lowest BCUT2D eigenvalue weighted by Crippen LogP contribution is -2.44. The summed E-state index contributed by atoms with van der Waals surface area (Å²) in [5.41, 5.74) is 0.0911. The first kappa shape index (κ1) is 22.5. The number of hydrogen-bond donors (Lipinski definition) is 3. The Labute approximate surface area is 157 Å². The van der Waals surface area contributed by atoms with Gasteiger partial charge in [-0.2, -0.15) is 0 Å². The number of anilines is 1. The number of rotatable bonds is 11. The molecule has 0 saturated heterocycles. The largest absolute Gasteiger partial charge is 0.355 e. The Morgan fingerprint density at radius 3 is 2.19 bits per heavy atom. The Morgan fingerprint density at radius 2 is 1.59 bits per heavy atom. The van der Waals surface area contributed by atoms with Crippen molar-refractivity contribution < 1.29 is 23.2 Å². The SMILES string of the molecule is CCCNC(=O)CN(CCC)CC(=O)NCC(=O)Nc1ccc(F)c(F)c1. The molecule has 3 N–H and O–H groups in total. The quantitative estimate of drug-likeness (QED) is 0.536. The van der Waals surface area contributed by atoms with E-state index in [9.17, 15) is 23.2 Å². The van der Waals surface area contributed by atoms with Gasteiger partial charge in [-0.3, -0.25) is 19.3 Å². The molecule has 0 aromatic heterocycles. The van der Waals surface area contributed by atoms with Gasteiger partial charge in [-0.15, -0.1) is 0 Å². The smallest absolute Gasteiger partial charge is 0.243 e. The van der Waals surface area contributed by atoms with Gasteiger partial charge in [0.2, 0.25) is 17.7 Å². The second kappa shape index (κ2) is 11.9. The zero-order chi connectivity index (χ0) is 20.2. The van der Waals surface area contributed by atoms with E-state index in [1.54, 1.807) is 4.90 Å². The number of nitrogens with zero attached hydrogens (tertiary/aromatic N) is 1. The normalized spacial score (nSPS) is 10.6. The molecule has 1 rings (SSSR count). The number of carbonyl (C=O) groups is 3. The van der Waals surface area contributed by atoms with Crippen molar-refractivity contribution in [3.8, 4) is 0 Å². The Morgan fingerprint density at radius 1 is 0.926 bits per heavy atom. The molecule has 0 atom stereocenters. The van der Waals surface area contributed by atoms with Gasteiger partial charge in [-0.1, -0.05) is 13.8 Å². The van der Waals surface area contributed by atoms with E-state index in [0.29, 0.717) is 13.1 Å². The molecule has 27 heavy (non-hydrogen) atoms. The highest BCUT2D eigenvalue weighted by Gasteiger charge is 2.14. The summed E-state index contributed by atoms with van der Waals surface area (Å²) < 4.78 is 26.0. The van der Waals surface area contributed by atoms with Gasteiger partial charge >= 0.3 is 0 Å². The van der Waals surface area contributed by atoms with E-state index >= 15 is 0 Å². The van der Waals surface area contributed by atoms with E-state index in [2.05, 4.69) is 16.0 Å². The van der Waals surface area contributed by atoms with Gasteiger partial charge in [0.25, 0.3) is 0 Å². The van der Waals surface area contributed by atoms with E-state index < -0.39 is 23.4 Å². The summed E-state index contributed by atoms with van der Waals surface area (Å²) >= 11 is 0. The van der Waals surface area contributed by atoms with Crippen LogP contribution in [0.3, 0.4) is 0 Å². The van der Waals surface area contributed by atoms with Gasteiger partial charge in [-0.05, 0) is 31.5 Å². The maximum Gasteiger partial charge on any atom is 0.243 e. The Kier molecular flexibility index (Phi) is 9.95. The molecular weight excluding hydrogens is 358 g/mol. The average Bonchev–Trinajstić information content (AvgIpc) is 2.61. The van der Waals surface area contributed by atoms with Gasteiger partial charge in [0.1, 0.15) is 0 Å². The summed E-state index contributed by atoms with van der Waals surface area (Å²) in [7, 11) is 0. The highest BCUT2D eigenvalue weighted by atomic mass is 19.2. The second-order valence-electron chi connectivity index (χ2n) is 6.01. The standard InChI is InChI=1S/C18H26F2N4O3/c1-3-7-21-17(26)11-24(8-4-2)12-18(27)22-10-16(25)23-13-5-6-14(19)15(20)9-13/h5-6,9H,3-4,7-8,10-12H2,1-2H3,(H,21,26)(H,22,27)(H,23,25). The van der Waals surface area contributed by atoms with Crippen molar-refractivity contribution in [3.63, 3.8) is 0 Å². The van der Waals surface area contributed by atoms with Crippen molar-refractivity contribution in [2.24, 2.45) is 0 Å². The molecule has 1 aromatic carbocycles. The number of hydrogen-bond acceptors (Lipinski definition) is 4. The van der Waals surface area contributed by atoms with Gasteiger partial charge in [-0.25, -0.2) is 8.78 Å². The van der Waals surface area contributed by atoms with Crippen molar-refractivity contribution in [1.82, 2.24) is 15.5 Å². The molecule has 0 fully saturated rings. The van der Waals surface area contributed by atoms with Crippen LogP contribution in [0.15, 0.2) is 18.2 Å². The number of amides is 3. The van der Waals surface area contributed by atoms with E-state index in [0.717, 1.165) is 25.0 Å². The Balaban J connectivity index is 2.42. The highest BCUT2D eigenvalue weighted by Crippen LogP contribution is 2.12. The average molecular weight is 384 g/mol. The van der Waals surface area contributed by atoms with Crippen molar-refractivity contribution in [2.75, 3.05) is 38.0 Å². The third-order valence-electron chi connectivity index (χ3n) is 3.50. The minimum Gasteiger partial charge on any atom is -0.355 e. The molecule has 0 radical (unpaired) electrons. The molecule has 0 heterocycles. The third kappa shape index (κ3) is 9.09. The molecule has 9 heteroatoms. The van der Waals surface area contributed by atoms with Crippen LogP contribution in [0, 0.1) is 11.6 Å². The maximum atomic E-state index is 13.1. The fourth-order valence-electron chi connectivity index (χ4n) is 2.27. The monoisotopic (exact) mass is 384 g/mol. The minimum absolute atomic E-state index is 0.0220. The molecule has 0 bridgehead atoms. The Hall–Kier alpha value is -2.55. The first-order valence-electron chi connectivity index (χ1n) is 8.86. The molecular formula is C18H26F2N4O3. The second-order valence-corrected chi connectivity index (χ2v) is 6.01. The van der Waals surface area contributed by atoms with Crippen LogP contribution in [0.25, 0.3) is 0 Å². The van der Waals surface area contributed by atoms with E-state index in [4.69, 9.17) is 0 Å². The van der Waals surface area contributed by atoms with Crippen LogP contribution in [-0.4, -0.2) is 55.3 Å². The first-order valence-corrected chi connectivity index (χ1v) is 8.86. The van der Waals surface area contributed by atoms with Crippen LogP contribution in [0.4, 0.5) is 14.5 Å². The molecule has 0 aliphatic carbocycles. The van der Waals surface area contributed by atoms with Crippen molar-refractivity contribution in [3.05, 3.63) is 29.8 Å². The summed E-state index contributed by atoms with van der Waals surface area (Å²) in [6, 6.07) is 2.97. The zero-order valence-electron chi connectivity index (χ0n) is 15.6. The molecule has 150 valence electrons. The summed E-state index contributed by atoms with van der Waals surface area (Å²) in [5, 5.41) is 7.55. The van der Waals surface area contributed by atoms with E-state index in [1.807, 2.05) is 13.8 Å².